The number of anilines is 1. The van der Waals surface area contributed by atoms with E-state index in [1.807, 2.05) is 0 Å². The van der Waals surface area contributed by atoms with Gasteiger partial charge in [-0.15, -0.1) is 0 Å². The van der Waals surface area contributed by atoms with Crippen molar-refractivity contribution in [2.75, 3.05) is 12.0 Å². The fraction of sp³-hybridized carbons (Fsp3) is 0.300. The average molecular weight is 198 g/mol. The Bertz CT molecular complexity index is 318. The van der Waals surface area contributed by atoms with Gasteiger partial charge in [-0.3, -0.25) is 4.99 Å². The van der Waals surface area contributed by atoms with Crippen LogP contribution in [0.5, 0.6) is 0 Å². The van der Waals surface area contributed by atoms with Gasteiger partial charge < -0.3 is 5.32 Å². The molecule has 4 heteroatoms. The highest BCUT2D eigenvalue weighted by atomic mass is 19.3. The van der Waals surface area contributed by atoms with Gasteiger partial charge in [0.15, 0.2) is 0 Å². The Kier molecular flexibility index (Phi) is 3.17. The molecule has 0 aliphatic rings. The second kappa shape index (κ2) is 4.17. The molecule has 0 saturated carbocycles. The minimum atomic E-state index is -2.81. The predicted molar refractivity (Wildman–Crippen MR) is 54.0 cm³/mol. The highest BCUT2D eigenvalue weighted by molar-refractivity contribution is 5.46. The molecular formula is C10H12F2N2. The van der Waals surface area contributed by atoms with E-state index in [1.165, 1.54) is 12.1 Å². The standard InChI is InChI=1S/C10H12F2N2/c1-10(11,12)8-4-3-5-9(6-8)14-7-13-2/h3-6,14H,2,7H2,1H3. The van der Waals surface area contributed by atoms with Gasteiger partial charge in [-0.05, 0) is 18.9 Å². The average Bonchev–Trinajstić information content (AvgIpc) is 2.14. The second-order valence-electron chi connectivity index (χ2n) is 3.03. The fourth-order valence-corrected chi connectivity index (χ4v) is 1.05. The summed E-state index contributed by atoms with van der Waals surface area (Å²) >= 11 is 0. The molecule has 0 unspecified atom stereocenters. The second-order valence-corrected chi connectivity index (χ2v) is 3.03. The molecule has 0 atom stereocenters. The van der Waals surface area contributed by atoms with Gasteiger partial charge in [0.1, 0.15) is 6.67 Å². The molecule has 0 saturated heterocycles. The third-order valence-corrected chi connectivity index (χ3v) is 1.76. The molecule has 1 rings (SSSR count). The molecule has 1 N–H and O–H groups in total. The molecule has 0 aliphatic heterocycles. The highest BCUT2D eigenvalue weighted by Gasteiger charge is 2.23. The number of nitrogens with one attached hydrogen (secondary N) is 1. The molecule has 0 aliphatic carbocycles. The first-order chi connectivity index (χ1) is 6.54. The van der Waals surface area contributed by atoms with Crippen LogP contribution in [0.2, 0.25) is 0 Å². The maximum atomic E-state index is 12.9. The predicted octanol–water partition coefficient (Wildman–Crippen LogP) is 2.87. The summed E-state index contributed by atoms with van der Waals surface area (Å²) in [4.78, 5) is 3.57. The van der Waals surface area contributed by atoms with Crippen molar-refractivity contribution in [1.82, 2.24) is 0 Å². The zero-order chi connectivity index (χ0) is 10.6. The van der Waals surface area contributed by atoms with Gasteiger partial charge in [0.2, 0.25) is 0 Å². The van der Waals surface area contributed by atoms with Crippen LogP contribution < -0.4 is 5.32 Å². The summed E-state index contributed by atoms with van der Waals surface area (Å²) in [5.41, 5.74) is 0.614. The molecule has 1 aromatic carbocycles. The van der Waals surface area contributed by atoms with Crippen LogP contribution >= 0.6 is 0 Å². The third kappa shape index (κ3) is 2.80. The molecule has 0 aromatic heterocycles. The summed E-state index contributed by atoms with van der Waals surface area (Å²) in [6.45, 7) is 4.48. The van der Waals surface area contributed by atoms with Crippen LogP contribution in [0.25, 0.3) is 0 Å². The SMILES string of the molecule is C=NCNc1cccc(C(C)(F)F)c1. The van der Waals surface area contributed by atoms with Crippen LogP contribution in [0.3, 0.4) is 0 Å². The van der Waals surface area contributed by atoms with Gasteiger partial charge in [0.05, 0.1) is 0 Å². The minimum absolute atomic E-state index is 0.00781. The molecule has 76 valence electrons. The number of hydrogen-bond acceptors (Lipinski definition) is 2. The first-order valence-corrected chi connectivity index (χ1v) is 4.19. The van der Waals surface area contributed by atoms with Gasteiger partial charge in [0.25, 0.3) is 5.92 Å². The Hall–Kier alpha value is -1.45. The summed E-state index contributed by atoms with van der Waals surface area (Å²) in [7, 11) is 0. The van der Waals surface area contributed by atoms with E-state index < -0.39 is 5.92 Å². The van der Waals surface area contributed by atoms with Crippen LogP contribution in [0.4, 0.5) is 14.5 Å². The van der Waals surface area contributed by atoms with E-state index in [1.54, 1.807) is 12.1 Å². The molecule has 0 bridgehead atoms. The van der Waals surface area contributed by atoms with E-state index in [2.05, 4.69) is 17.0 Å². The highest BCUT2D eigenvalue weighted by Crippen LogP contribution is 2.28. The molecule has 0 spiro atoms. The van der Waals surface area contributed by atoms with Crippen LogP contribution in [0.15, 0.2) is 29.3 Å². The van der Waals surface area contributed by atoms with Crippen molar-refractivity contribution in [3.8, 4) is 0 Å². The van der Waals surface area contributed by atoms with Crippen molar-refractivity contribution < 1.29 is 8.78 Å². The Morgan fingerprint density at radius 3 is 2.79 bits per heavy atom. The van der Waals surface area contributed by atoms with Crippen molar-refractivity contribution in [2.45, 2.75) is 12.8 Å². The van der Waals surface area contributed by atoms with Crippen LogP contribution in [0, 0.1) is 0 Å². The first kappa shape index (κ1) is 10.6. The number of benzene rings is 1. The largest absolute Gasteiger partial charge is 0.366 e. The van der Waals surface area contributed by atoms with E-state index >= 15 is 0 Å². The minimum Gasteiger partial charge on any atom is -0.366 e. The number of nitrogens with zero attached hydrogens (tertiary/aromatic N) is 1. The fourth-order valence-electron chi connectivity index (χ4n) is 1.05. The zero-order valence-electron chi connectivity index (χ0n) is 7.93. The number of aliphatic imine (C=N–C) groups is 1. The van der Waals surface area contributed by atoms with Gasteiger partial charge in [-0.1, -0.05) is 12.1 Å². The molecule has 14 heavy (non-hydrogen) atoms. The first-order valence-electron chi connectivity index (χ1n) is 4.19. The number of alkyl halides is 2. The van der Waals surface area contributed by atoms with Gasteiger partial charge in [0, 0.05) is 18.2 Å². The molecule has 1 aromatic rings. The van der Waals surface area contributed by atoms with Crippen molar-refractivity contribution in [1.29, 1.82) is 0 Å². The summed E-state index contributed by atoms with van der Waals surface area (Å²) in [6.07, 6.45) is 0. The lowest BCUT2D eigenvalue weighted by molar-refractivity contribution is 0.0175. The van der Waals surface area contributed by atoms with Gasteiger partial charge in [-0.2, -0.15) is 0 Å². The number of halogens is 2. The molecule has 2 nitrogen and oxygen atoms in total. The lowest BCUT2D eigenvalue weighted by Crippen LogP contribution is -2.07. The molecule has 0 radical (unpaired) electrons. The normalized spacial score (nSPS) is 11.1. The molecular weight excluding hydrogens is 186 g/mol. The van der Waals surface area contributed by atoms with Crippen LogP contribution in [-0.2, 0) is 5.92 Å². The maximum absolute atomic E-state index is 12.9. The van der Waals surface area contributed by atoms with Crippen LogP contribution in [0.1, 0.15) is 12.5 Å². The van der Waals surface area contributed by atoms with Gasteiger partial charge in [-0.25, -0.2) is 8.78 Å². The topological polar surface area (TPSA) is 24.4 Å². The van der Waals surface area contributed by atoms with Gasteiger partial charge >= 0.3 is 0 Å². The van der Waals surface area contributed by atoms with E-state index in [-0.39, 0.29) is 5.56 Å². The van der Waals surface area contributed by atoms with E-state index in [0.717, 1.165) is 6.92 Å². The monoisotopic (exact) mass is 198 g/mol. The Morgan fingerprint density at radius 2 is 2.21 bits per heavy atom. The van der Waals surface area contributed by atoms with Crippen LogP contribution in [-0.4, -0.2) is 13.4 Å². The smallest absolute Gasteiger partial charge is 0.270 e. The maximum Gasteiger partial charge on any atom is 0.270 e. The third-order valence-electron chi connectivity index (χ3n) is 1.76. The summed E-state index contributed by atoms with van der Waals surface area (Å²) < 4.78 is 25.8. The van der Waals surface area contributed by atoms with Crippen molar-refractivity contribution in [2.24, 2.45) is 4.99 Å². The van der Waals surface area contributed by atoms with Crippen molar-refractivity contribution >= 4 is 12.4 Å². The molecule has 0 heterocycles. The summed E-state index contributed by atoms with van der Waals surface area (Å²) in [5.74, 6) is -2.81. The number of rotatable bonds is 4. The zero-order valence-corrected chi connectivity index (χ0v) is 7.93. The Labute approximate surface area is 81.7 Å². The molecule has 0 amide bonds. The Balaban J connectivity index is 2.84. The van der Waals surface area contributed by atoms with Crippen molar-refractivity contribution in [3.05, 3.63) is 29.8 Å². The summed E-state index contributed by atoms with van der Waals surface area (Å²) in [6, 6.07) is 6.09. The quantitative estimate of drug-likeness (QED) is 0.739. The Morgan fingerprint density at radius 1 is 1.50 bits per heavy atom. The van der Waals surface area contributed by atoms with E-state index in [4.69, 9.17) is 0 Å². The lowest BCUT2D eigenvalue weighted by Gasteiger charge is -2.12. The van der Waals surface area contributed by atoms with Crippen molar-refractivity contribution in [3.63, 3.8) is 0 Å². The van der Waals surface area contributed by atoms with E-state index in [9.17, 15) is 8.78 Å². The van der Waals surface area contributed by atoms with E-state index in [0.29, 0.717) is 12.4 Å². The lowest BCUT2D eigenvalue weighted by atomic mass is 10.1. The summed E-state index contributed by atoms with van der Waals surface area (Å²) in [5, 5.41) is 2.84. The number of hydrogen-bond donors (Lipinski definition) is 1. The molecule has 0 fully saturated rings.